The summed E-state index contributed by atoms with van der Waals surface area (Å²) in [5, 5.41) is 6.00. The third-order valence-electron chi connectivity index (χ3n) is 11.0. The summed E-state index contributed by atoms with van der Waals surface area (Å²) in [6.45, 7) is 11.9. The molecule has 2 aromatic carbocycles. The molecule has 4 rings (SSSR count). The normalized spacial score (nSPS) is 16.8. The number of rotatable bonds is 25. The number of carbonyl (C=O) groups is 3. The molecule has 324 valence electrons. The van der Waals surface area contributed by atoms with E-state index in [9.17, 15) is 14.4 Å². The molecule has 1 saturated carbocycles. The van der Waals surface area contributed by atoms with Crippen LogP contribution in [-0.2, 0) is 41.6 Å². The van der Waals surface area contributed by atoms with Crippen molar-refractivity contribution in [1.82, 2.24) is 5.32 Å². The number of aryl methyl sites for hydroxylation is 1. The van der Waals surface area contributed by atoms with Gasteiger partial charge in [-0.1, -0.05) is 80.8 Å². The van der Waals surface area contributed by atoms with Crippen LogP contribution in [0.2, 0.25) is 0 Å². The van der Waals surface area contributed by atoms with E-state index in [1.54, 1.807) is 58.8 Å². The summed E-state index contributed by atoms with van der Waals surface area (Å²) >= 11 is 0. The van der Waals surface area contributed by atoms with Gasteiger partial charge in [-0.2, -0.15) is 0 Å². The SMILES string of the molecule is C=C/C=C/C[C@H](OC(=O)C1(NC(=O)C2=CCCCC2)CC1)[C@H](C)[C@@H](OCc1ccc(OC)cc1)/C(C)=C\CCc1cc(OC)cc(NC(=O)C[C@H](/C=C/C=C)OC)c1OC. The molecular weight excluding hydrogens is 761 g/mol. The zero-order valence-corrected chi connectivity index (χ0v) is 36.3. The highest BCUT2D eigenvalue weighted by Crippen LogP contribution is 2.39. The predicted molar refractivity (Wildman–Crippen MR) is 236 cm³/mol. The van der Waals surface area contributed by atoms with Crippen LogP contribution >= 0.6 is 0 Å². The highest BCUT2D eigenvalue weighted by Gasteiger charge is 2.54. The summed E-state index contributed by atoms with van der Waals surface area (Å²) in [6.07, 6.45) is 19.6. The van der Waals surface area contributed by atoms with Gasteiger partial charge < -0.3 is 39.1 Å². The highest BCUT2D eigenvalue weighted by atomic mass is 16.6. The van der Waals surface area contributed by atoms with E-state index in [-0.39, 0.29) is 24.2 Å². The van der Waals surface area contributed by atoms with Crippen molar-refractivity contribution in [3.63, 3.8) is 0 Å². The average molecular weight is 825 g/mol. The minimum absolute atomic E-state index is 0.0994. The van der Waals surface area contributed by atoms with Crippen LogP contribution in [-0.4, -0.2) is 70.1 Å². The van der Waals surface area contributed by atoms with Gasteiger partial charge in [0, 0.05) is 36.7 Å². The van der Waals surface area contributed by atoms with Crippen LogP contribution in [0.4, 0.5) is 5.69 Å². The van der Waals surface area contributed by atoms with Crippen molar-refractivity contribution in [2.45, 2.75) is 109 Å². The topological polar surface area (TPSA) is 131 Å². The zero-order valence-electron chi connectivity index (χ0n) is 36.3. The molecule has 0 spiro atoms. The first kappa shape index (κ1) is 47.3. The monoisotopic (exact) mass is 824 g/mol. The van der Waals surface area contributed by atoms with Crippen LogP contribution in [0, 0.1) is 5.92 Å². The van der Waals surface area contributed by atoms with E-state index in [1.807, 2.05) is 62.4 Å². The van der Waals surface area contributed by atoms with Crippen LogP contribution < -0.4 is 24.8 Å². The van der Waals surface area contributed by atoms with Crippen molar-refractivity contribution >= 4 is 23.5 Å². The van der Waals surface area contributed by atoms with Gasteiger partial charge in [-0.15, -0.1) is 0 Å². The molecule has 0 saturated heterocycles. The number of hydrogen-bond donors (Lipinski definition) is 2. The largest absolute Gasteiger partial charge is 0.497 e. The third-order valence-corrected chi connectivity index (χ3v) is 11.0. The predicted octanol–water partition coefficient (Wildman–Crippen LogP) is 9.09. The van der Waals surface area contributed by atoms with Crippen LogP contribution in [0.3, 0.4) is 0 Å². The minimum atomic E-state index is -1.03. The Morgan fingerprint density at radius 1 is 0.933 bits per heavy atom. The Hall–Kier alpha value is -5.39. The van der Waals surface area contributed by atoms with E-state index in [0.29, 0.717) is 62.3 Å². The van der Waals surface area contributed by atoms with Crippen molar-refractivity contribution in [2.24, 2.45) is 5.92 Å². The minimum Gasteiger partial charge on any atom is -0.497 e. The molecule has 2 amide bonds. The summed E-state index contributed by atoms with van der Waals surface area (Å²) < 4.78 is 35.3. The molecule has 11 nitrogen and oxygen atoms in total. The Balaban J connectivity index is 1.58. The number of allylic oxidation sites excluding steroid dienone is 6. The maximum atomic E-state index is 13.9. The van der Waals surface area contributed by atoms with E-state index in [1.165, 1.54) is 0 Å². The van der Waals surface area contributed by atoms with E-state index < -0.39 is 29.8 Å². The van der Waals surface area contributed by atoms with E-state index in [4.69, 9.17) is 28.4 Å². The summed E-state index contributed by atoms with van der Waals surface area (Å²) in [5.74, 6) is 0.707. The fourth-order valence-electron chi connectivity index (χ4n) is 7.26. The quantitative estimate of drug-likeness (QED) is 0.0572. The number of amides is 2. The van der Waals surface area contributed by atoms with E-state index in [0.717, 1.165) is 47.3 Å². The molecule has 0 radical (unpaired) electrons. The van der Waals surface area contributed by atoms with E-state index in [2.05, 4.69) is 29.9 Å². The van der Waals surface area contributed by atoms with Gasteiger partial charge in [0.05, 0.1) is 52.3 Å². The lowest BCUT2D eigenvalue weighted by atomic mass is 9.89. The average Bonchev–Trinajstić information content (AvgIpc) is 4.05. The Bertz CT molecular complexity index is 1890. The fraction of sp³-hybridized carbons (Fsp3) is 0.449. The first-order valence-electron chi connectivity index (χ1n) is 20.8. The number of hydrogen-bond acceptors (Lipinski definition) is 9. The third kappa shape index (κ3) is 13.8. The van der Waals surface area contributed by atoms with Crippen molar-refractivity contribution in [3.8, 4) is 17.2 Å². The number of methoxy groups -OCH3 is 4. The first-order valence-corrected chi connectivity index (χ1v) is 20.8. The maximum absolute atomic E-state index is 13.9. The molecule has 60 heavy (non-hydrogen) atoms. The number of esters is 1. The summed E-state index contributed by atoms with van der Waals surface area (Å²) in [4.78, 5) is 40.2. The van der Waals surface area contributed by atoms with Gasteiger partial charge in [0.25, 0.3) is 0 Å². The second-order valence-corrected chi connectivity index (χ2v) is 15.3. The molecule has 0 aromatic heterocycles. The van der Waals surface area contributed by atoms with Gasteiger partial charge >= 0.3 is 5.97 Å². The van der Waals surface area contributed by atoms with Crippen molar-refractivity contribution < 1.29 is 42.8 Å². The molecule has 2 aliphatic carbocycles. The summed E-state index contributed by atoms with van der Waals surface area (Å²) in [6, 6.07) is 11.4. The van der Waals surface area contributed by atoms with Gasteiger partial charge in [0.15, 0.2) is 0 Å². The molecule has 2 N–H and O–H groups in total. The van der Waals surface area contributed by atoms with Gasteiger partial charge in [-0.05, 0) is 87.6 Å². The molecule has 0 aliphatic heterocycles. The number of carbonyl (C=O) groups excluding carboxylic acids is 3. The van der Waals surface area contributed by atoms with Crippen molar-refractivity contribution in [2.75, 3.05) is 33.8 Å². The zero-order chi connectivity index (χ0) is 43.5. The molecule has 2 aliphatic rings. The number of anilines is 1. The van der Waals surface area contributed by atoms with Crippen molar-refractivity contribution in [3.05, 3.63) is 120 Å². The van der Waals surface area contributed by atoms with Gasteiger partial charge in [-0.3, -0.25) is 9.59 Å². The Morgan fingerprint density at radius 3 is 2.28 bits per heavy atom. The second-order valence-electron chi connectivity index (χ2n) is 15.3. The van der Waals surface area contributed by atoms with Crippen LogP contribution in [0.5, 0.6) is 17.2 Å². The van der Waals surface area contributed by atoms with Crippen LogP contribution in [0.25, 0.3) is 0 Å². The van der Waals surface area contributed by atoms with Crippen LogP contribution in [0.1, 0.15) is 82.8 Å². The van der Waals surface area contributed by atoms with Crippen LogP contribution in [0.15, 0.2) is 109 Å². The number of benzene rings is 2. The molecule has 11 heteroatoms. The van der Waals surface area contributed by atoms with E-state index >= 15 is 0 Å². The lowest BCUT2D eigenvalue weighted by molar-refractivity contribution is -0.159. The molecule has 2 aromatic rings. The standard InChI is InChI=1S/C49H64N2O9/c1-9-11-14-23-43(60-48(54)49(28-29-49)51-47(53)37-19-15-13-16-20-37)35(4)45(59-33-36-24-26-39(55-5)27-25-36)34(3)18-17-21-38-30-41(57-7)31-42(46(38)58-8)50-44(52)32-40(56-6)22-12-10-2/h9-12,14,18-19,22,24-27,30-31,35,40,43,45H,1-2,13,15-17,20-21,23,28-29,32-33H2,3-8H3,(H,50,52)(H,51,53)/b14-11+,22-12+,34-18-/t35-,40-,43-,45-/m0/s1. The maximum Gasteiger partial charge on any atom is 0.332 e. The molecule has 0 bridgehead atoms. The smallest absolute Gasteiger partial charge is 0.332 e. The molecule has 4 atom stereocenters. The van der Waals surface area contributed by atoms with Gasteiger partial charge in [-0.25, -0.2) is 4.79 Å². The van der Waals surface area contributed by atoms with Crippen molar-refractivity contribution in [1.29, 1.82) is 0 Å². The second kappa shape index (κ2) is 24.0. The summed E-state index contributed by atoms with van der Waals surface area (Å²) in [7, 11) is 6.33. The molecule has 0 unspecified atom stereocenters. The Labute approximate surface area is 356 Å². The Morgan fingerprint density at radius 2 is 1.67 bits per heavy atom. The first-order chi connectivity index (χ1) is 29.0. The lowest BCUT2D eigenvalue weighted by Gasteiger charge is -2.32. The summed E-state index contributed by atoms with van der Waals surface area (Å²) in [5.41, 5.74) is 2.97. The molecule has 1 fully saturated rings. The highest BCUT2D eigenvalue weighted by molar-refractivity contribution is 5.99. The molecular formula is C49H64N2O9. The van der Waals surface area contributed by atoms with Gasteiger partial charge in [0.2, 0.25) is 11.8 Å². The number of nitrogens with one attached hydrogen (secondary N) is 2. The fourth-order valence-corrected chi connectivity index (χ4v) is 7.26. The van der Waals surface area contributed by atoms with Gasteiger partial charge in [0.1, 0.15) is 28.9 Å². The molecule has 0 heterocycles. The lowest BCUT2D eigenvalue weighted by Crippen LogP contribution is -2.47. The Kier molecular flexibility index (Phi) is 18.9. The number of ether oxygens (including phenoxy) is 6.